The summed E-state index contributed by atoms with van der Waals surface area (Å²) >= 11 is 2.01. The number of amides is 1. The van der Waals surface area contributed by atoms with Gasteiger partial charge in [-0.05, 0) is 12.1 Å². The Balaban J connectivity index is 0.00000200. The first-order chi connectivity index (χ1) is 9.34. The largest absolute Gasteiger partial charge is 0.376 e. The maximum Gasteiger partial charge on any atom is 0.239 e. The third kappa shape index (κ3) is 8.41. The third-order valence-corrected chi connectivity index (χ3v) is 4.02. The molecule has 2 N–H and O–H groups in total. The number of hydrogen-bond acceptors (Lipinski definition) is 4. The molecule has 7 heteroatoms. The van der Waals surface area contributed by atoms with Gasteiger partial charge in [0, 0.05) is 43.4 Å². The highest BCUT2D eigenvalue weighted by Crippen LogP contribution is 2.07. The molecule has 1 aliphatic heterocycles. The number of hydrogen-bond donors (Lipinski definition) is 2. The molecule has 0 aromatic heterocycles. The van der Waals surface area contributed by atoms with Gasteiger partial charge in [0.15, 0.2) is 0 Å². The summed E-state index contributed by atoms with van der Waals surface area (Å²) in [5.74, 6) is 2.47. The molecule has 0 saturated carbocycles. The molecule has 4 nitrogen and oxygen atoms in total. The van der Waals surface area contributed by atoms with Gasteiger partial charge in [-0.3, -0.25) is 9.69 Å². The lowest BCUT2D eigenvalue weighted by Gasteiger charge is -2.26. The fourth-order valence-electron chi connectivity index (χ4n) is 1.98. The molecule has 21 heavy (non-hydrogen) atoms. The van der Waals surface area contributed by atoms with Gasteiger partial charge in [0.2, 0.25) is 5.91 Å². The standard InChI is InChI=1S/C14H21N3OS.2ClH/c18-14(12-16-13-4-2-1-3-5-13)15-6-7-17-8-10-19-11-9-17;;/h1-5,16H,6-12H2,(H,15,18);2*1H. The highest BCUT2D eigenvalue weighted by Gasteiger charge is 2.09. The van der Waals surface area contributed by atoms with Crippen molar-refractivity contribution >= 4 is 48.2 Å². The van der Waals surface area contributed by atoms with E-state index in [1.165, 1.54) is 11.5 Å². The van der Waals surface area contributed by atoms with Crippen LogP contribution in [0.15, 0.2) is 30.3 Å². The molecule has 120 valence electrons. The van der Waals surface area contributed by atoms with Crippen molar-refractivity contribution in [2.75, 3.05) is 49.5 Å². The van der Waals surface area contributed by atoms with Gasteiger partial charge in [0.25, 0.3) is 0 Å². The average molecular weight is 352 g/mol. The normalized spacial score (nSPS) is 14.5. The number of nitrogens with one attached hydrogen (secondary N) is 2. The summed E-state index contributed by atoms with van der Waals surface area (Å²) in [4.78, 5) is 14.1. The van der Waals surface area contributed by atoms with Crippen LogP contribution in [0.2, 0.25) is 0 Å². The van der Waals surface area contributed by atoms with E-state index in [4.69, 9.17) is 0 Å². The molecule has 0 unspecified atom stereocenters. The Morgan fingerprint density at radius 3 is 2.48 bits per heavy atom. The van der Waals surface area contributed by atoms with Crippen molar-refractivity contribution in [3.63, 3.8) is 0 Å². The van der Waals surface area contributed by atoms with E-state index in [9.17, 15) is 4.79 Å². The van der Waals surface area contributed by atoms with Crippen LogP contribution in [0.4, 0.5) is 5.69 Å². The Morgan fingerprint density at radius 1 is 1.14 bits per heavy atom. The number of thioether (sulfide) groups is 1. The zero-order valence-electron chi connectivity index (χ0n) is 11.9. The van der Waals surface area contributed by atoms with E-state index in [2.05, 4.69) is 15.5 Å². The molecule has 1 aromatic rings. The Kier molecular flexibility index (Phi) is 11.6. The summed E-state index contributed by atoms with van der Waals surface area (Å²) < 4.78 is 0. The van der Waals surface area contributed by atoms with E-state index in [0.717, 1.165) is 31.9 Å². The first kappa shape index (κ1) is 20.4. The van der Waals surface area contributed by atoms with Crippen LogP contribution in [-0.4, -0.2) is 55.0 Å². The highest BCUT2D eigenvalue weighted by molar-refractivity contribution is 7.99. The molecule has 0 atom stereocenters. The minimum absolute atomic E-state index is 0. The molecule has 0 bridgehead atoms. The van der Waals surface area contributed by atoms with E-state index in [1.807, 2.05) is 42.1 Å². The molecule has 1 aromatic carbocycles. The quantitative estimate of drug-likeness (QED) is 0.823. The van der Waals surface area contributed by atoms with E-state index in [-0.39, 0.29) is 30.7 Å². The number of carbonyl (C=O) groups is 1. The van der Waals surface area contributed by atoms with Crippen LogP contribution in [0.5, 0.6) is 0 Å². The van der Waals surface area contributed by atoms with Crippen molar-refractivity contribution in [2.24, 2.45) is 0 Å². The smallest absolute Gasteiger partial charge is 0.239 e. The minimum Gasteiger partial charge on any atom is -0.376 e. The molecular weight excluding hydrogens is 329 g/mol. The predicted molar refractivity (Wildman–Crippen MR) is 96.2 cm³/mol. The number of carbonyl (C=O) groups excluding carboxylic acids is 1. The number of nitrogens with zero attached hydrogens (tertiary/aromatic N) is 1. The Morgan fingerprint density at radius 2 is 1.81 bits per heavy atom. The first-order valence-electron chi connectivity index (χ1n) is 6.70. The zero-order chi connectivity index (χ0) is 13.3. The summed E-state index contributed by atoms with van der Waals surface area (Å²) in [6, 6.07) is 9.78. The van der Waals surface area contributed by atoms with Crippen molar-refractivity contribution in [2.45, 2.75) is 0 Å². The van der Waals surface area contributed by atoms with Crippen molar-refractivity contribution < 1.29 is 4.79 Å². The lowest BCUT2D eigenvalue weighted by atomic mass is 10.3. The molecule has 2 rings (SSSR count). The van der Waals surface area contributed by atoms with E-state index < -0.39 is 0 Å². The van der Waals surface area contributed by atoms with Gasteiger partial charge in [-0.2, -0.15) is 11.8 Å². The number of halogens is 2. The Hall–Kier alpha value is -0.620. The van der Waals surface area contributed by atoms with E-state index in [0.29, 0.717) is 6.54 Å². The van der Waals surface area contributed by atoms with Crippen molar-refractivity contribution in [3.8, 4) is 0 Å². The van der Waals surface area contributed by atoms with Gasteiger partial charge in [0.05, 0.1) is 6.54 Å². The molecule has 1 fully saturated rings. The second-order valence-electron chi connectivity index (χ2n) is 4.52. The van der Waals surface area contributed by atoms with Gasteiger partial charge in [-0.25, -0.2) is 0 Å². The van der Waals surface area contributed by atoms with Crippen LogP contribution in [0.25, 0.3) is 0 Å². The zero-order valence-corrected chi connectivity index (χ0v) is 14.4. The van der Waals surface area contributed by atoms with Crippen molar-refractivity contribution in [1.82, 2.24) is 10.2 Å². The Bertz CT molecular complexity index is 389. The van der Waals surface area contributed by atoms with Gasteiger partial charge in [-0.1, -0.05) is 18.2 Å². The molecule has 1 heterocycles. The minimum atomic E-state index is 0. The lowest BCUT2D eigenvalue weighted by Crippen LogP contribution is -2.40. The van der Waals surface area contributed by atoms with Crippen LogP contribution in [-0.2, 0) is 4.79 Å². The van der Waals surface area contributed by atoms with Gasteiger partial charge < -0.3 is 10.6 Å². The molecular formula is C14H23Cl2N3OS. The molecule has 0 aliphatic carbocycles. The van der Waals surface area contributed by atoms with Gasteiger partial charge >= 0.3 is 0 Å². The third-order valence-electron chi connectivity index (χ3n) is 3.08. The fraction of sp³-hybridized carbons (Fsp3) is 0.500. The van der Waals surface area contributed by atoms with Gasteiger partial charge in [0.1, 0.15) is 0 Å². The van der Waals surface area contributed by atoms with Crippen LogP contribution < -0.4 is 10.6 Å². The lowest BCUT2D eigenvalue weighted by molar-refractivity contribution is -0.119. The van der Waals surface area contributed by atoms with Crippen LogP contribution in [0.1, 0.15) is 0 Å². The van der Waals surface area contributed by atoms with Crippen LogP contribution >= 0.6 is 36.6 Å². The topological polar surface area (TPSA) is 44.4 Å². The summed E-state index contributed by atoms with van der Waals surface area (Å²) in [5.41, 5.74) is 0.978. The van der Waals surface area contributed by atoms with Crippen molar-refractivity contribution in [3.05, 3.63) is 30.3 Å². The first-order valence-corrected chi connectivity index (χ1v) is 7.86. The number of para-hydroxylation sites is 1. The molecule has 1 saturated heterocycles. The maximum absolute atomic E-state index is 11.7. The highest BCUT2D eigenvalue weighted by atomic mass is 35.5. The second kappa shape index (κ2) is 12.0. The molecule has 0 spiro atoms. The molecule has 0 radical (unpaired) electrons. The summed E-state index contributed by atoms with van der Waals surface area (Å²) in [5, 5.41) is 6.05. The molecule has 1 aliphatic rings. The van der Waals surface area contributed by atoms with E-state index >= 15 is 0 Å². The average Bonchev–Trinajstić information content (AvgIpc) is 2.47. The Labute approximate surface area is 143 Å². The SMILES string of the molecule is Cl.Cl.O=C(CNc1ccccc1)NCCN1CCSCC1. The number of benzene rings is 1. The van der Waals surface area contributed by atoms with Gasteiger partial charge in [-0.15, -0.1) is 24.8 Å². The second-order valence-corrected chi connectivity index (χ2v) is 5.75. The monoisotopic (exact) mass is 351 g/mol. The fourth-order valence-corrected chi connectivity index (χ4v) is 2.96. The molecule has 1 amide bonds. The summed E-state index contributed by atoms with van der Waals surface area (Å²) in [6.07, 6.45) is 0. The van der Waals surface area contributed by atoms with Crippen LogP contribution in [0.3, 0.4) is 0 Å². The number of rotatable bonds is 6. The van der Waals surface area contributed by atoms with Crippen LogP contribution in [0, 0.1) is 0 Å². The van der Waals surface area contributed by atoms with E-state index in [1.54, 1.807) is 0 Å². The summed E-state index contributed by atoms with van der Waals surface area (Å²) in [6.45, 7) is 4.31. The van der Waals surface area contributed by atoms with Crippen molar-refractivity contribution in [1.29, 1.82) is 0 Å². The number of anilines is 1. The summed E-state index contributed by atoms with van der Waals surface area (Å²) in [7, 11) is 0. The maximum atomic E-state index is 11.7. The predicted octanol–water partition coefficient (Wildman–Crippen LogP) is 2.11.